The number of carbonyl (C=O) groups is 1. The molecule has 0 bridgehead atoms. The van der Waals surface area contributed by atoms with Gasteiger partial charge in [0.2, 0.25) is 0 Å². The molecule has 0 aliphatic heterocycles. The highest BCUT2D eigenvalue weighted by Gasteiger charge is 2.24. The van der Waals surface area contributed by atoms with E-state index in [1.807, 2.05) is 0 Å². The lowest BCUT2D eigenvalue weighted by Crippen LogP contribution is -2.10. The molecule has 0 saturated heterocycles. The lowest BCUT2D eigenvalue weighted by atomic mass is 10.1. The monoisotopic (exact) mass is 350 g/mol. The summed E-state index contributed by atoms with van der Waals surface area (Å²) in [4.78, 5) is 11.7. The maximum Gasteiger partial charge on any atom is 0.331 e. The summed E-state index contributed by atoms with van der Waals surface area (Å²) in [6.45, 7) is 6.80. The predicted octanol–water partition coefficient (Wildman–Crippen LogP) is 5.33. The van der Waals surface area contributed by atoms with Crippen LogP contribution in [0, 0.1) is 0 Å². The predicted molar refractivity (Wildman–Crippen MR) is 93.9 cm³/mol. The van der Waals surface area contributed by atoms with E-state index in [1.54, 1.807) is 13.8 Å². The van der Waals surface area contributed by atoms with Gasteiger partial charge in [0.05, 0.1) is 32.4 Å². The molecular weight excluding hydrogens is 315 g/mol. The van der Waals surface area contributed by atoms with Gasteiger partial charge in [0, 0.05) is 0 Å². The second-order valence-corrected chi connectivity index (χ2v) is 7.80. The SMILES string of the molecule is CCCCCCCCCCOC(=O)CCP(=O)(OCC)OCC. The van der Waals surface area contributed by atoms with Crippen molar-refractivity contribution in [2.75, 3.05) is 26.0 Å². The highest BCUT2D eigenvalue weighted by Crippen LogP contribution is 2.48. The molecule has 0 unspecified atom stereocenters. The third-order valence-corrected chi connectivity index (χ3v) is 5.58. The third-order valence-electron chi connectivity index (χ3n) is 3.50. The third kappa shape index (κ3) is 13.7. The fourth-order valence-electron chi connectivity index (χ4n) is 2.28. The van der Waals surface area contributed by atoms with Crippen LogP contribution in [-0.4, -0.2) is 32.0 Å². The first-order chi connectivity index (χ1) is 11.1. The molecule has 0 radical (unpaired) electrons. The van der Waals surface area contributed by atoms with Crippen molar-refractivity contribution in [1.82, 2.24) is 0 Å². The van der Waals surface area contributed by atoms with E-state index in [2.05, 4.69) is 6.92 Å². The van der Waals surface area contributed by atoms with Crippen LogP contribution in [0.3, 0.4) is 0 Å². The Balaban J connectivity index is 3.61. The maximum atomic E-state index is 12.2. The van der Waals surface area contributed by atoms with E-state index in [0.29, 0.717) is 19.8 Å². The fourth-order valence-corrected chi connectivity index (χ4v) is 3.86. The van der Waals surface area contributed by atoms with E-state index in [4.69, 9.17) is 13.8 Å². The molecule has 0 aliphatic rings. The Kier molecular flexibility index (Phi) is 14.9. The Hall–Kier alpha value is -0.380. The molecule has 138 valence electrons. The molecule has 0 rings (SSSR count). The van der Waals surface area contributed by atoms with Crippen molar-refractivity contribution in [3.8, 4) is 0 Å². The number of unbranched alkanes of at least 4 members (excludes halogenated alkanes) is 7. The van der Waals surface area contributed by atoms with Crippen LogP contribution in [0.2, 0.25) is 0 Å². The summed E-state index contributed by atoms with van der Waals surface area (Å²) in [5.41, 5.74) is 0. The molecule has 5 nitrogen and oxygen atoms in total. The molecule has 0 fully saturated rings. The van der Waals surface area contributed by atoms with Gasteiger partial charge < -0.3 is 13.8 Å². The molecule has 0 aromatic rings. The van der Waals surface area contributed by atoms with Gasteiger partial charge in [-0.3, -0.25) is 9.36 Å². The first-order valence-corrected chi connectivity index (χ1v) is 10.8. The van der Waals surface area contributed by atoms with Crippen molar-refractivity contribution < 1.29 is 23.1 Å². The van der Waals surface area contributed by atoms with Crippen molar-refractivity contribution in [2.45, 2.75) is 78.6 Å². The Labute approximate surface area is 142 Å². The summed E-state index contributed by atoms with van der Waals surface area (Å²) in [5, 5.41) is 0. The standard InChI is InChI=1S/C17H35O5P/c1-4-7-8-9-10-11-12-13-15-20-17(18)14-16-23(19,21-5-2)22-6-3/h4-16H2,1-3H3. The molecule has 0 saturated carbocycles. The Morgan fingerprint density at radius 1 is 0.826 bits per heavy atom. The molecular formula is C17H35O5P. The maximum absolute atomic E-state index is 12.2. The van der Waals surface area contributed by atoms with Gasteiger partial charge in [-0.05, 0) is 20.3 Å². The van der Waals surface area contributed by atoms with Crippen molar-refractivity contribution in [3.05, 3.63) is 0 Å². The first-order valence-electron chi connectivity index (χ1n) is 9.11. The molecule has 23 heavy (non-hydrogen) atoms. The van der Waals surface area contributed by atoms with Crippen LogP contribution in [0.15, 0.2) is 0 Å². The summed E-state index contributed by atoms with van der Waals surface area (Å²) < 4.78 is 27.6. The molecule has 0 heterocycles. The molecule has 0 spiro atoms. The zero-order valence-electron chi connectivity index (χ0n) is 15.2. The van der Waals surface area contributed by atoms with Crippen LogP contribution in [0.1, 0.15) is 78.6 Å². The van der Waals surface area contributed by atoms with E-state index in [1.165, 1.54) is 38.5 Å². The fraction of sp³-hybridized carbons (Fsp3) is 0.941. The minimum atomic E-state index is -3.14. The van der Waals surface area contributed by atoms with E-state index in [0.717, 1.165) is 12.8 Å². The zero-order valence-corrected chi connectivity index (χ0v) is 16.1. The lowest BCUT2D eigenvalue weighted by Gasteiger charge is -2.16. The normalized spacial score (nSPS) is 11.6. The van der Waals surface area contributed by atoms with Crippen LogP contribution < -0.4 is 0 Å². The lowest BCUT2D eigenvalue weighted by molar-refractivity contribution is -0.143. The minimum absolute atomic E-state index is 0.0777. The van der Waals surface area contributed by atoms with E-state index >= 15 is 0 Å². The van der Waals surface area contributed by atoms with Crippen molar-refractivity contribution in [2.24, 2.45) is 0 Å². The molecule has 0 aromatic carbocycles. The zero-order chi connectivity index (χ0) is 17.4. The van der Waals surface area contributed by atoms with Crippen LogP contribution >= 0.6 is 7.60 Å². The molecule has 0 atom stereocenters. The number of hydrogen-bond acceptors (Lipinski definition) is 5. The molecule has 0 aromatic heterocycles. The number of carbonyl (C=O) groups excluding carboxylic acids is 1. The quantitative estimate of drug-likeness (QED) is 0.214. The summed E-state index contributed by atoms with van der Waals surface area (Å²) in [6.07, 6.45) is 9.84. The molecule has 0 N–H and O–H groups in total. The smallest absolute Gasteiger partial charge is 0.331 e. The van der Waals surface area contributed by atoms with Crippen molar-refractivity contribution in [3.63, 3.8) is 0 Å². The van der Waals surface area contributed by atoms with Crippen molar-refractivity contribution in [1.29, 1.82) is 0 Å². The van der Waals surface area contributed by atoms with Gasteiger partial charge in [-0.1, -0.05) is 51.9 Å². The van der Waals surface area contributed by atoms with Crippen LogP contribution in [0.5, 0.6) is 0 Å². The largest absolute Gasteiger partial charge is 0.466 e. The van der Waals surface area contributed by atoms with E-state index < -0.39 is 7.60 Å². The second kappa shape index (κ2) is 15.2. The number of rotatable bonds is 16. The molecule has 0 amide bonds. The molecule has 6 heteroatoms. The average Bonchev–Trinajstić information content (AvgIpc) is 2.52. The van der Waals surface area contributed by atoms with Gasteiger partial charge in [0.15, 0.2) is 0 Å². The Morgan fingerprint density at radius 2 is 1.35 bits per heavy atom. The van der Waals surface area contributed by atoms with Gasteiger partial charge in [-0.15, -0.1) is 0 Å². The summed E-state index contributed by atoms with van der Waals surface area (Å²) in [7, 11) is -3.14. The Bertz CT molecular complexity index is 323. The van der Waals surface area contributed by atoms with Crippen LogP contribution in [0.25, 0.3) is 0 Å². The van der Waals surface area contributed by atoms with E-state index in [9.17, 15) is 9.36 Å². The number of hydrogen-bond donors (Lipinski definition) is 0. The highest BCUT2D eigenvalue weighted by atomic mass is 31.2. The van der Waals surface area contributed by atoms with Gasteiger partial charge in [-0.2, -0.15) is 0 Å². The first kappa shape index (κ1) is 22.6. The van der Waals surface area contributed by atoms with E-state index in [-0.39, 0.29) is 18.6 Å². The summed E-state index contributed by atoms with van der Waals surface area (Å²) in [6, 6.07) is 0. The number of esters is 1. The van der Waals surface area contributed by atoms with Crippen LogP contribution in [0.4, 0.5) is 0 Å². The topological polar surface area (TPSA) is 61.8 Å². The summed E-state index contributed by atoms with van der Waals surface area (Å²) >= 11 is 0. The van der Waals surface area contributed by atoms with Gasteiger partial charge in [0.25, 0.3) is 0 Å². The van der Waals surface area contributed by atoms with Gasteiger partial charge >= 0.3 is 13.6 Å². The van der Waals surface area contributed by atoms with Gasteiger partial charge in [-0.25, -0.2) is 0 Å². The highest BCUT2D eigenvalue weighted by molar-refractivity contribution is 7.53. The van der Waals surface area contributed by atoms with Crippen LogP contribution in [-0.2, 0) is 23.1 Å². The summed E-state index contributed by atoms with van der Waals surface area (Å²) in [5.74, 6) is -0.326. The van der Waals surface area contributed by atoms with Crippen molar-refractivity contribution >= 4 is 13.6 Å². The average molecular weight is 350 g/mol. The minimum Gasteiger partial charge on any atom is -0.466 e. The number of ether oxygens (including phenoxy) is 1. The molecule has 0 aliphatic carbocycles. The van der Waals surface area contributed by atoms with Gasteiger partial charge in [0.1, 0.15) is 0 Å². The second-order valence-electron chi connectivity index (χ2n) is 5.62. The Morgan fingerprint density at radius 3 is 1.87 bits per heavy atom.